The van der Waals surface area contributed by atoms with Crippen molar-refractivity contribution in [1.29, 1.82) is 0 Å². The second kappa shape index (κ2) is 8.22. The van der Waals surface area contributed by atoms with Gasteiger partial charge in [-0.25, -0.2) is 9.59 Å². The van der Waals surface area contributed by atoms with E-state index in [1.807, 2.05) is 0 Å². The number of aliphatic carboxylic acids is 1. The van der Waals surface area contributed by atoms with Crippen LogP contribution in [0.15, 0.2) is 0 Å². The minimum Gasteiger partial charge on any atom is -0.480 e. The molecule has 6 nitrogen and oxygen atoms in total. The van der Waals surface area contributed by atoms with Crippen LogP contribution < -0.4 is 10.6 Å². The van der Waals surface area contributed by atoms with E-state index in [-0.39, 0.29) is 18.1 Å². The molecule has 21 heavy (non-hydrogen) atoms. The molecular weight excluding hydrogens is 272 g/mol. The summed E-state index contributed by atoms with van der Waals surface area (Å²) in [5.74, 6) is -0.878. The number of carboxylic acids is 1. The zero-order valence-electron chi connectivity index (χ0n) is 12.5. The molecule has 0 aromatic rings. The Morgan fingerprint density at radius 1 is 1.14 bits per heavy atom. The first-order valence-electron chi connectivity index (χ1n) is 8.05. The lowest BCUT2D eigenvalue weighted by Gasteiger charge is -2.28. The SMILES string of the molecule is O=C(NCCC1CCCO1)NC(C(=O)O)C1CCCCC1. The Labute approximate surface area is 125 Å². The molecule has 0 bridgehead atoms. The Hall–Kier alpha value is -1.30. The third kappa shape index (κ3) is 5.19. The molecule has 2 unspecified atom stereocenters. The fourth-order valence-corrected chi connectivity index (χ4v) is 3.26. The fraction of sp³-hybridized carbons (Fsp3) is 0.867. The summed E-state index contributed by atoms with van der Waals surface area (Å²) in [5, 5.41) is 14.7. The number of rotatable bonds is 6. The third-order valence-electron chi connectivity index (χ3n) is 4.45. The van der Waals surface area contributed by atoms with Gasteiger partial charge in [0.25, 0.3) is 0 Å². The highest BCUT2D eigenvalue weighted by molar-refractivity contribution is 5.82. The quantitative estimate of drug-likeness (QED) is 0.699. The van der Waals surface area contributed by atoms with Crippen LogP contribution >= 0.6 is 0 Å². The summed E-state index contributed by atoms with van der Waals surface area (Å²) in [5.41, 5.74) is 0. The van der Waals surface area contributed by atoms with Crippen molar-refractivity contribution in [3.63, 3.8) is 0 Å². The smallest absolute Gasteiger partial charge is 0.326 e. The van der Waals surface area contributed by atoms with Crippen LogP contribution in [-0.2, 0) is 9.53 Å². The minimum absolute atomic E-state index is 0.0557. The number of carbonyl (C=O) groups excluding carboxylic acids is 1. The van der Waals surface area contributed by atoms with E-state index in [0.717, 1.165) is 58.0 Å². The van der Waals surface area contributed by atoms with Crippen molar-refractivity contribution >= 4 is 12.0 Å². The summed E-state index contributed by atoms with van der Waals surface area (Å²) in [6, 6.07) is -1.15. The largest absolute Gasteiger partial charge is 0.480 e. The summed E-state index contributed by atoms with van der Waals surface area (Å²) in [6.45, 7) is 1.33. The Morgan fingerprint density at radius 3 is 2.52 bits per heavy atom. The van der Waals surface area contributed by atoms with E-state index in [1.165, 1.54) is 0 Å². The second-order valence-corrected chi connectivity index (χ2v) is 6.04. The van der Waals surface area contributed by atoms with E-state index in [9.17, 15) is 14.7 Å². The van der Waals surface area contributed by atoms with Crippen LogP contribution in [-0.4, -0.2) is 42.4 Å². The molecule has 1 heterocycles. The van der Waals surface area contributed by atoms with Crippen LogP contribution in [0.3, 0.4) is 0 Å². The first-order valence-corrected chi connectivity index (χ1v) is 8.05. The first kappa shape index (κ1) is 16.1. The van der Waals surface area contributed by atoms with Gasteiger partial charge in [0.1, 0.15) is 6.04 Å². The molecule has 2 atom stereocenters. The number of amides is 2. The molecule has 0 radical (unpaired) electrons. The Balaban J connectivity index is 1.71. The highest BCUT2D eigenvalue weighted by Crippen LogP contribution is 2.26. The van der Waals surface area contributed by atoms with E-state index in [0.29, 0.717) is 6.54 Å². The van der Waals surface area contributed by atoms with Crippen LogP contribution in [0, 0.1) is 5.92 Å². The number of nitrogens with one attached hydrogen (secondary N) is 2. The average Bonchev–Trinajstić information content (AvgIpc) is 2.98. The Morgan fingerprint density at radius 2 is 1.90 bits per heavy atom. The molecule has 6 heteroatoms. The van der Waals surface area contributed by atoms with E-state index < -0.39 is 12.0 Å². The van der Waals surface area contributed by atoms with Gasteiger partial charge in [-0.05, 0) is 38.0 Å². The van der Waals surface area contributed by atoms with Crippen molar-refractivity contribution in [1.82, 2.24) is 10.6 Å². The van der Waals surface area contributed by atoms with Gasteiger partial charge in [-0.3, -0.25) is 0 Å². The molecule has 0 aromatic heterocycles. The monoisotopic (exact) mass is 298 g/mol. The summed E-state index contributed by atoms with van der Waals surface area (Å²) < 4.78 is 5.48. The minimum atomic E-state index is -0.934. The first-order chi connectivity index (χ1) is 10.2. The molecule has 1 saturated heterocycles. The molecule has 1 aliphatic heterocycles. The predicted octanol–water partition coefficient (Wildman–Crippen LogP) is 1.89. The fourth-order valence-electron chi connectivity index (χ4n) is 3.26. The van der Waals surface area contributed by atoms with Gasteiger partial charge >= 0.3 is 12.0 Å². The van der Waals surface area contributed by atoms with Gasteiger partial charge in [-0.15, -0.1) is 0 Å². The molecule has 120 valence electrons. The van der Waals surface area contributed by atoms with Gasteiger partial charge in [-0.2, -0.15) is 0 Å². The Kier molecular flexibility index (Phi) is 6.29. The summed E-state index contributed by atoms with van der Waals surface area (Å²) in [4.78, 5) is 23.2. The van der Waals surface area contributed by atoms with E-state index in [4.69, 9.17) is 4.74 Å². The molecular formula is C15H26N2O4. The average molecular weight is 298 g/mol. The molecule has 0 aromatic carbocycles. The maximum atomic E-state index is 11.8. The van der Waals surface area contributed by atoms with Gasteiger partial charge < -0.3 is 20.5 Å². The molecule has 0 spiro atoms. The molecule has 3 N–H and O–H groups in total. The maximum absolute atomic E-state index is 11.8. The number of hydrogen-bond donors (Lipinski definition) is 3. The van der Waals surface area contributed by atoms with Crippen LogP contribution in [0.1, 0.15) is 51.4 Å². The van der Waals surface area contributed by atoms with Crippen molar-refractivity contribution in [3.05, 3.63) is 0 Å². The van der Waals surface area contributed by atoms with Crippen LogP contribution in [0.4, 0.5) is 4.79 Å². The zero-order valence-corrected chi connectivity index (χ0v) is 12.5. The topological polar surface area (TPSA) is 87.7 Å². The lowest BCUT2D eigenvalue weighted by atomic mass is 9.84. The predicted molar refractivity (Wildman–Crippen MR) is 78.1 cm³/mol. The van der Waals surface area contributed by atoms with Gasteiger partial charge in [-0.1, -0.05) is 19.3 Å². The number of carbonyl (C=O) groups is 2. The number of ether oxygens (including phenoxy) is 1. The molecule has 2 aliphatic rings. The maximum Gasteiger partial charge on any atom is 0.326 e. The molecule has 2 amide bonds. The van der Waals surface area contributed by atoms with Crippen molar-refractivity contribution in [2.24, 2.45) is 5.92 Å². The molecule has 2 rings (SSSR count). The summed E-state index contributed by atoms with van der Waals surface area (Å²) in [7, 11) is 0. The van der Waals surface area contributed by atoms with Gasteiger partial charge in [0.2, 0.25) is 0 Å². The zero-order chi connectivity index (χ0) is 15.1. The number of carboxylic acid groups (broad SMARTS) is 1. The summed E-state index contributed by atoms with van der Waals surface area (Å²) in [6.07, 6.45) is 8.18. The van der Waals surface area contributed by atoms with Gasteiger partial charge in [0.05, 0.1) is 6.10 Å². The normalized spacial score (nSPS) is 24.5. The molecule has 2 fully saturated rings. The molecule has 1 aliphatic carbocycles. The second-order valence-electron chi connectivity index (χ2n) is 6.04. The summed E-state index contributed by atoms with van der Waals surface area (Å²) >= 11 is 0. The standard InChI is InChI=1S/C15H26N2O4/c18-14(19)13(11-5-2-1-3-6-11)17-15(20)16-9-8-12-7-4-10-21-12/h11-13H,1-10H2,(H,18,19)(H2,16,17,20). The van der Waals surface area contributed by atoms with Gasteiger partial charge in [0.15, 0.2) is 0 Å². The number of urea groups is 1. The van der Waals surface area contributed by atoms with Crippen LogP contribution in [0.2, 0.25) is 0 Å². The van der Waals surface area contributed by atoms with Crippen molar-refractivity contribution in [3.8, 4) is 0 Å². The van der Waals surface area contributed by atoms with Crippen molar-refractivity contribution in [2.75, 3.05) is 13.2 Å². The number of hydrogen-bond acceptors (Lipinski definition) is 3. The van der Waals surface area contributed by atoms with E-state index in [1.54, 1.807) is 0 Å². The van der Waals surface area contributed by atoms with E-state index >= 15 is 0 Å². The van der Waals surface area contributed by atoms with E-state index in [2.05, 4.69) is 10.6 Å². The highest BCUT2D eigenvalue weighted by atomic mass is 16.5. The highest BCUT2D eigenvalue weighted by Gasteiger charge is 2.30. The lowest BCUT2D eigenvalue weighted by molar-refractivity contribution is -0.141. The van der Waals surface area contributed by atoms with Crippen LogP contribution in [0.25, 0.3) is 0 Å². The van der Waals surface area contributed by atoms with Crippen molar-refractivity contribution < 1.29 is 19.4 Å². The molecule has 1 saturated carbocycles. The lowest BCUT2D eigenvalue weighted by Crippen LogP contribution is -2.50. The van der Waals surface area contributed by atoms with Crippen molar-refractivity contribution in [2.45, 2.75) is 63.5 Å². The van der Waals surface area contributed by atoms with Gasteiger partial charge in [0, 0.05) is 13.2 Å². The van der Waals surface area contributed by atoms with Crippen LogP contribution in [0.5, 0.6) is 0 Å². The Bertz CT molecular complexity index is 350. The third-order valence-corrected chi connectivity index (χ3v) is 4.45.